The zero-order valence-corrected chi connectivity index (χ0v) is 10.8. The summed E-state index contributed by atoms with van der Waals surface area (Å²) in [6.07, 6.45) is 1.44. The van der Waals surface area contributed by atoms with Gasteiger partial charge in [-0.3, -0.25) is 0 Å². The van der Waals surface area contributed by atoms with Crippen molar-refractivity contribution in [2.45, 2.75) is 30.6 Å². The molecule has 0 aromatic carbocycles. The van der Waals surface area contributed by atoms with Crippen molar-refractivity contribution in [1.82, 2.24) is 9.21 Å². The van der Waals surface area contributed by atoms with Crippen molar-refractivity contribution >= 4 is 10.0 Å². The van der Waals surface area contributed by atoms with Crippen LogP contribution in [0.25, 0.3) is 0 Å². The normalized spacial score (nSPS) is 28.9. The van der Waals surface area contributed by atoms with Gasteiger partial charge in [-0.2, -0.15) is 4.31 Å². The second-order valence-electron chi connectivity index (χ2n) is 5.06. The van der Waals surface area contributed by atoms with Gasteiger partial charge >= 0.3 is 0 Å². The molecule has 1 aliphatic heterocycles. The predicted octanol–water partition coefficient (Wildman–Crippen LogP) is -0.557. The highest BCUT2D eigenvalue weighted by atomic mass is 32.2. The molecular formula is C10H21N3O2S. The van der Waals surface area contributed by atoms with Crippen molar-refractivity contribution in [3.05, 3.63) is 0 Å². The van der Waals surface area contributed by atoms with Crippen LogP contribution < -0.4 is 5.73 Å². The van der Waals surface area contributed by atoms with E-state index in [9.17, 15) is 8.42 Å². The molecule has 1 aliphatic carbocycles. The first-order chi connectivity index (χ1) is 7.40. The molecule has 2 fully saturated rings. The number of rotatable bonds is 3. The summed E-state index contributed by atoms with van der Waals surface area (Å²) in [7, 11) is -1.18. The van der Waals surface area contributed by atoms with E-state index in [-0.39, 0.29) is 6.04 Å². The summed E-state index contributed by atoms with van der Waals surface area (Å²) in [6, 6.07) is -0.267. The fraction of sp³-hybridized carbons (Fsp3) is 1.00. The predicted molar refractivity (Wildman–Crippen MR) is 63.6 cm³/mol. The van der Waals surface area contributed by atoms with Gasteiger partial charge in [0.1, 0.15) is 4.75 Å². The van der Waals surface area contributed by atoms with Gasteiger partial charge in [-0.25, -0.2) is 8.42 Å². The van der Waals surface area contributed by atoms with E-state index in [1.165, 1.54) is 0 Å². The molecule has 1 atom stereocenters. The number of nitrogens with zero attached hydrogens (tertiary/aromatic N) is 2. The van der Waals surface area contributed by atoms with E-state index < -0.39 is 14.8 Å². The molecule has 0 aromatic rings. The van der Waals surface area contributed by atoms with Gasteiger partial charge in [-0.05, 0) is 26.8 Å². The Labute approximate surface area is 97.6 Å². The van der Waals surface area contributed by atoms with E-state index >= 15 is 0 Å². The highest BCUT2D eigenvalue weighted by molar-refractivity contribution is 7.90. The quantitative estimate of drug-likeness (QED) is 0.726. The van der Waals surface area contributed by atoms with Crippen molar-refractivity contribution in [2.24, 2.45) is 5.73 Å². The summed E-state index contributed by atoms with van der Waals surface area (Å²) >= 11 is 0. The summed E-state index contributed by atoms with van der Waals surface area (Å²) < 4.78 is 25.9. The molecular weight excluding hydrogens is 226 g/mol. The zero-order chi connectivity index (χ0) is 12.0. The average Bonchev–Trinajstić information content (AvgIpc) is 2.98. The van der Waals surface area contributed by atoms with E-state index in [1.54, 1.807) is 11.2 Å². The van der Waals surface area contributed by atoms with Crippen LogP contribution in [0, 0.1) is 0 Å². The Morgan fingerprint density at radius 3 is 2.06 bits per heavy atom. The molecule has 1 saturated heterocycles. The first kappa shape index (κ1) is 12.3. The molecule has 6 heteroatoms. The lowest BCUT2D eigenvalue weighted by atomic mass is 10.2. The number of nitrogens with two attached hydrogens (primary N) is 1. The molecule has 5 nitrogen and oxygen atoms in total. The monoisotopic (exact) mass is 247 g/mol. The fourth-order valence-electron chi connectivity index (χ4n) is 2.36. The molecule has 2 rings (SSSR count). The lowest BCUT2D eigenvalue weighted by Gasteiger charge is -2.35. The van der Waals surface area contributed by atoms with Gasteiger partial charge in [0.05, 0.1) is 0 Å². The third-order valence-electron chi connectivity index (χ3n) is 3.89. The number of hydrogen-bond donors (Lipinski definition) is 1. The van der Waals surface area contributed by atoms with E-state index in [0.717, 1.165) is 25.9 Å². The second-order valence-corrected chi connectivity index (χ2v) is 7.34. The van der Waals surface area contributed by atoms with Crippen molar-refractivity contribution in [1.29, 1.82) is 0 Å². The van der Waals surface area contributed by atoms with Crippen LogP contribution in [0.1, 0.15) is 19.8 Å². The third-order valence-corrected chi connectivity index (χ3v) is 6.74. The second kappa shape index (κ2) is 3.94. The Morgan fingerprint density at radius 2 is 1.69 bits per heavy atom. The molecule has 1 saturated carbocycles. The van der Waals surface area contributed by atoms with E-state index in [4.69, 9.17) is 5.73 Å². The van der Waals surface area contributed by atoms with Crippen LogP contribution in [0.2, 0.25) is 0 Å². The Balaban J connectivity index is 2.14. The van der Waals surface area contributed by atoms with Crippen LogP contribution in [-0.4, -0.2) is 61.6 Å². The van der Waals surface area contributed by atoms with Gasteiger partial charge < -0.3 is 10.6 Å². The van der Waals surface area contributed by atoms with Crippen LogP contribution in [0.15, 0.2) is 0 Å². The van der Waals surface area contributed by atoms with Gasteiger partial charge in [-0.15, -0.1) is 0 Å². The van der Waals surface area contributed by atoms with E-state index in [2.05, 4.69) is 4.90 Å². The lowest BCUT2D eigenvalue weighted by Crippen LogP contribution is -2.54. The first-order valence-corrected chi connectivity index (χ1v) is 7.28. The number of hydrogen-bond acceptors (Lipinski definition) is 4. The smallest absolute Gasteiger partial charge is 0.221 e. The third kappa shape index (κ3) is 1.77. The average molecular weight is 247 g/mol. The Kier molecular flexibility index (Phi) is 3.03. The Bertz CT molecular complexity index is 354. The minimum absolute atomic E-state index is 0.267. The summed E-state index contributed by atoms with van der Waals surface area (Å²) in [5.41, 5.74) is 5.84. The number of sulfonamides is 1. The van der Waals surface area contributed by atoms with Crippen LogP contribution >= 0.6 is 0 Å². The van der Waals surface area contributed by atoms with Crippen LogP contribution in [0.3, 0.4) is 0 Å². The van der Waals surface area contributed by atoms with Gasteiger partial charge in [0.25, 0.3) is 0 Å². The lowest BCUT2D eigenvalue weighted by molar-refractivity contribution is 0.220. The van der Waals surface area contributed by atoms with Gasteiger partial charge in [0.2, 0.25) is 10.0 Å². The molecule has 2 aliphatic rings. The minimum Gasteiger partial charge on any atom is -0.326 e. The summed E-state index contributed by atoms with van der Waals surface area (Å²) in [4.78, 5) is 2.15. The topological polar surface area (TPSA) is 66.6 Å². The van der Waals surface area contributed by atoms with Crippen LogP contribution in [0.5, 0.6) is 0 Å². The maximum absolute atomic E-state index is 12.4. The standard InChI is InChI=1S/C10H21N3O2S/c1-9(11)10(3-4-10)16(14,15)13-7-5-12(2)6-8-13/h9H,3-8,11H2,1-2H3. The molecule has 0 aromatic heterocycles. The SMILES string of the molecule is CC(N)C1(S(=O)(=O)N2CCN(C)CC2)CC1. The molecule has 2 N–H and O–H groups in total. The first-order valence-electron chi connectivity index (χ1n) is 5.84. The van der Waals surface area contributed by atoms with Crippen molar-refractivity contribution < 1.29 is 8.42 Å². The fourth-order valence-corrected chi connectivity index (χ4v) is 4.60. The number of likely N-dealkylation sites (N-methyl/N-ethyl adjacent to an activating group) is 1. The van der Waals surface area contributed by atoms with Crippen molar-refractivity contribution in [3.8, 4) is 0 Å². The van der Waals surface area contributed by atoms with Crippen LogP contribution in [-0.2, 0) is 10.0 Å². The molecule has 1 heterocycles. The van der Waals surface area contributed by atoms with E-state index in [1.807, 2.05) is 7.05 Å². The largest absolute Gasteiger partial charge is 0.326 e. The molecule has 0 radical (unpaired) electrons. The Hall–Kier alpha value is -0.170. The molecule has 94 valence electrons. The van der Waals surface area contributed by atoms with E-state index in [0.29, 0.717) is 13.1 Å². The molecule has 0 bridgehead atoms. The van der Waals surface area contributed by atoms with Gasteiger partial charge in [0, 0.05) is 32.2 Å². The Morgan fingerprint density at radius 1 is 1.19 bits per heavy atom. The molecule has 0 amide bonds. The van der Waals surface area contributed by atoms with Gasteiger partial charge in [0.15, 0.2) is 0 Å². The zero-order valence-electron chi connectivity index (χ0n) is 10.0. The minimum atomic E-state index is -3.19. The summed E-state index contributed by atoms with van der Waals surface area (Å²) in [6.45, 7) is 4.64. The van der Waals surface area contributed by atoms with Crippen LogP contribution in [0.4, 0.5) is 0 Å². The molecule has 16 heavy (non-hydrogen) atoms. The van der Waals surface area contributed by atoms with Crippen molar-refractivity contribution in [2.75, 3.05) is 33.2 Å². The maximum Gasteiger partial charge on any atom is 0.221 e. The number of piperazine rings is 1. The molecule has 1 unspecified atom stereocenters. The molecule has 0 spiro atoms. The van der Waals surface area contributed by atoms with Crippen molar-refractivity contribution in [3.63, 3.8) is 0 Å². The van der Waals surface area contributed by atoms with Gasteiger partial charge in [-0.1, -0.05) is 0 Å². The maximum atomic E-state index is 12.4. The highest BCUT2D eigenvalue weighted by Gasteiger charge is 2.59. The summed E-state index contributed by atoms with van der Waals surface area (Å²) in [5.74, 6) is 0. The highest BCUT2D eigenvalue weighted by Crippen LogP contribution is 2.47. The summed E-state index contributed by atoms with van der Waals surface area (Å²) in [5, 5.41) is 0.